The summed E-state index contributed by atoms with van der Waals surface area (Å²) in [5.74, 6) is -0.368. The van der Waals surface area contributed by atoms with Crippen molar-refractivity contribution in [3.63, 3.8) is 0 Å². The predicted molar refractivity (Wildman–Crippen MR) is 72.1 cm³/mol. The van der Waals surface area contributed by atoms with E-state index in [9.17, 15) is 9.18 Å². The Labute approximate surface area is 110 Å². The molecule has 0 aromatic heterocycles. The Morgan fingerprint density at radius 2 is 2.22 bits per heavy atom. The molecule has 1 saturated heterocycles. The van der Waals surface area contributed by atoms with Gasteiger partial charge in [-0.1, -0.05) is 12.2 Å². The Hall–Kier alpha value is -1.69. The first kappa shape index (κ1) is 12.8. The van der Waals surface area contributed by atoms with Crippen LogP contribution in [-0.2, 0) is 4.79 Å². The monoisotopic (exact) mass is 267 g/mol. The van der Waals surface area contributed by atoms with Crippen molar-refractivity contribution in [1.82, 2.24) is 5.32 Å². The standard InChI is InChI=1S/C12H14FN3OS/c13-9-7-8(12(14)18)1-2-10(9)16-5-3-11(17)15-4-6-16/h1-2,7H,3-6H2,(H2,14,18)(H,15,17). The molecule has 4 nitrogen and oxygen atoms in total. The zero-order valence-electron chi connectivity index (χ0n) is 9.78. The molecule has 0 saturated carbocycles. The highest BCUT2D eigenvalue weighted by Gasteiger charge is 2.17. The molecule has 1 aliphatic heterocycles. The molecule has 1 aromatic rings. The largest absolute Gasteiger partial charge is 0.389 e. The first-order chi connectivity index (χ1) is 8.58. The lowest BCUT2D eigenvalue weighted by atomic mass is 10.1. The Kier molecular flexibility index (Phi) is 3.76. The number of halogens is 1. The average Bonchev–Trinajstić information content (AvgIpc) is 2.54. The zero-order chi connectivity index (χ0) is 13.1. The highest BCUT2D eigenvalue weighted by atomic mass is 32.1. The third kappa shape index (κ3) is 2.76. The molecule has 3 N–H and O–H groups in total. The molecule has 0 bridgehead atoms. The molecule has 0 radical (unpaired) electrons. The summed E-state index contributed by atoms with van der Waals surface area (Å²) in [4.78, 5) is 13.2. The van der Waals surface area contributed by atoms with Gasteiger partial charge in [0.05, 0.1) is 5.69 Å². The van der Waals surface area contributed by atoms with Crippen molar-refractivity contribution in [2.24, 2.45) is 5.73 Å². The third-order valence-electron chi connectivity index (χ3n) is 2.89. The van der Waals surface area contributed by atoms with Crippen molar-refractivity contribution < 1.29 is 9.18 Å². The summed E-state index contributed by atoms with van der Waals surface area (Å²) in [6.07, 6.45) is 0.372. The Morgan fingerprint density at radius 3 is 2.89 bits per heavy atom. The first-order valence-electron chi connectivity index (χ1n) is 5.69. The molecule has 0 spiro atoms. The Morgan fingerprint density at radius 1 is 1.44 bits per heavy atom. The summed E-state index contributed by atoms with van der Waals surface area (Å²) in [5, 5.41) is 2.75. The molecule has 6 heteroatoms. The smallest absolute Gasteiger partial charge is 0.221 e. The summed E-state index contributed by atoms with van der Waals surface area (Å²) >= 11 is 4.80. The molecular weight excluding hydrogens is 253 g/mol. The van der Waals surface area contributed by atoms with Gasteiger partial charge >= 0.3 is 0 Å². The molecule has 1 aliphatic rings. The van der Waals surface area contributed by atoms with Crippen LogP contribution in [0.3, 0.4) is 0 Å². The minimum absolute atomic E-state index is 0.00216. The second-order valence-corrected chi connectivity index (χ2v) is 4.56. The quantitative estimate of drug-likeness (QED) is 0.778. The van der Waals surface area contributed by atoms with Gasteiger partial charge in [0.25, 0.3) is 0 Å². The van der Waals surface area contributed by atoms with Gasteiger partial charge in [0.2, 0.25) is 5.91 Å². The summed E-state index contributed by atoms with van der Waals surface area (Å²) in [6.45, 7) is 1.62. The molecule has 0 unspecified atom stereocenters. The number of anilines is 1. The van der Waals surface area contributed by atoms with Crippen LogP contribution in [-0.4, -0.2) is 30.5 Å². The fourth-order valence-electron chi connectivity index (χ4n) is 1.92. The summed E-state index contributed by atoms with van der Waals surface area (Å²) in [7, 11) is 0. The Bertz CT molecular complexity index is 492. The summed E-state index contributed by atoms with van der Waals surface area (Å²) < 4.78 is 14.0. The number of hydrogen-bond donors (Lipinski definition) is 2. The number of carbonyl (C=O) groups is 1. The van der Waals surface area contributed by atoms with Crippen molar-refractivity contribution >= 4 is 28.8 Å². The molecule has 1 amide bonds. The predicted octanol–water partition coefficient (Wildman–Crippen LogP) is 0.786. The van der Waals surface area contributed by atoms with Crippen LogP contribution in [0, 0.1) is 5.82 Å². The van der Waals surface area contributed by atoms with Crippen LogP contribution in [0.5, 0.6) is 0 Å². The minimum Gasteiger partial charge on any atom is -0.389 e. The van der Waals surface area contributed by atoms with E-state index in [0.29, 0.717) is 37.3 Å². The van der Waals surface area contributed by atoms with Gasteiger partial charge < -0.3 is 16.0 Å². The van der Waals surface area contributed by atoms with E-state index >= 15 is 0 Å². The van der Waals surface area contributed by atoms with Crippen molar-refractivity contribution in [2.45, 2.75) is 6.42 Å². The number of rotatable bonds is 2. The average molecular weight is 267 g/mol. The maximum absolute atomic E-state index is 14.0. The fourth-order valence-corrected chi connectivity index (χ4v) is 2.05. The van der Waals surface area contributed by atoms with Crippen LogP contribution in [0.4, 0.5) is 10.1 Å². The zero-order valence-corrected chi connectivity index (χ0v) is 10.6. The molecule has 1 heterocycles. The van der Waals surface area contributed by atoms with Crippen LogP contribution in [0.15, 0.2) is 18.2 Å². The maximum atomic E-state index is 14.0. The summed E-state index contributed by atoms with van der Waals surface area (Å²) in [6, 6.07) is 4.68. The molecule has 18 heavy (non-hydrogen) atoms. The number of nitrogens with two attached hydrogens (primary N) is 1. The molecule has 1 fully saturated rings. The molecule has 0 aliphatic carbocycles. The topological polar surface area (TPSA) is 58.4 Å². The van der Waals surface area contributed by atoms with Gasteiger partial charge in [0.1, 0.15) is 10.8 Å². The van der Waals surface area contributed by atoms with Crippen LogP contribution < -0.4 is 16.0 Å². The van der Waals surface area contributed by atoms with E-state index in [0.717, 1.165) is 0 Å². The van der Waals surface area contributed by atoms with E-state index in [1.807, 2.05) is 4.90 Å². The number of amides is 1. The van der Waals surface area contributed by atoms with Gasteiger partial charge in [0, 0.05) is 31.6 Å². The Balaban J connectivity index is 2.22. The minimum atomic E-state index is -0.366. The van der Waals surface area contributed by atoms with E-state index < -0.39 is 0 Å². The van der Waals surface area contributed by atoms with Gasteiger partial charge in [-0.15, -0.1) is 0 Å². The number of nitrogens with zero attached hydrogens (tertiary/aromatic N) is 1. The first-order valence-corrected chi connectivity index (χ1v) is 6.10. The van der Waals surface area contributed by atoms with E-state index in [4.69, 9.17) is 18.0 Å². The van der Waals surface area contributed by atoms with Gasteiger partial charge in [-0.05, 0) is 18.2 Å². The SMILES string of the molecule is NC(=S)c1ccc(N2CCNC(=O)CC2)c(F)c1. The number of benzene rings is 1. The number of nitrogens with one attached hydrogen (secondary N) is 1. The normalized spacial score (nSPS) is 16.1. The lowest BCUT2D eigenvalue weighted by Crippen LogP contribution is -2.29. The lowest BCUT2D eigenvalue weighted by molar-refractivity contribution is -0.120. The maximum Gasteiger partial charge on any atom is 0.221 e. The molecule has 0 atom stereocenters. The van der Waals surface area contributed by atoms with Crippen molar-refractivity contribution in [1.29, 1.82) is 0 Å². The lowest BCUT2D eigenvalue weighted by Gasteiger charge is -2.22. The van der Waals surface area contributed by atoms with Crippen LogP contribution >= 0.6 is 12.2 Å². The van der Waals surface area contributed by atoms with Gasteiger partial charge in [-0.25, -0.2) is 4.39 Å². The van der Waals surface area contributed by atoms with Gasteiger partial charge in [-0.3, -0.25) is 4.79 Å². The van der Waals surface area contributed by atoms with Gasteiger partial charge in [-0.2, -0.15) is 0 Å². The molecule has 1 aromatic carbocycles. The van der Waals surface area contributed by atoms with E-state index in [2.05, 4.69) is 5.32 Å². The van der Waals surface area contributed by atoms with Crippen LogP contribution in [0.1, 0.15) is 12.0 Å². The highest BCUT2D eigenvalue weighted by Crippen LogP contribution is 2.21. The van der Waals surface area contributed by atoms with E-state index in [1.54, 1.807) is 12.1 Å². The second-order valence-electron chi connectivity index (χ2n) is 4.12. The third-order valence-corrected chi connectivity index (χ3v) is 3.12. The number of hydrogen-bond acceptors (Lipinski definition) is 3. The molecule has 96 valence electrons. The molecular formula is C12H14FN3OS. The van der Waals surface area contributed by atoms with Crippen molar-refractivity contribution in [3.8, 4) is 0 Å². The van der Waals surface area contributed by atoms with Crippen LogP contribution in [0.25, 0.3) is 0 Å². The van der Waals surface area contributed by atoms with Gasteiger partial charge in [0.15, 0.2) is 0 Å². The van der Waals surface area contributed by atoms with Crippen molar-refractivity contribution in [2.75, 3.05) is 24.5 Å². The molecule has 2 rings (SSSR count). The van der Waals surface area contributed by atoms with E-state index in [-0.39, 0.29) is 16.7 Å². The summed E-state index contributed by atoms with van der Waals surface area (Å²) in [5.41, 5.74) is 6.44. The van der Waals surface area contributed by atoms with Crippen molar-refractivity contribution in [3.05, 3.63) is 29.6 Å². The van der Waals surface area contributed by atoms with Crippen LogP contribution in [0.2, 0.25) is 0 Å². The van der Waals surface area contributed by atoms with E-state index in [1.165, 1.54) is 6.07 Å². The second kappa shape index (κ2) is 5.30. The number of carbonyl (C=O) groups excluding carboxylic acids is 1. The fraction of sp³-hybridized carbons (Fsp3) is 0.333. The number of thiocarbonyl (C=S) groups is 1. The highest BCUT2D eigenvalue weighted by molar-refractivity contribution is 7.80.